The summed E-state index contributed by atoms with van der Waals surface area (Å²) < 4.78 is 0. The summed E-state index contributed by atoms with van der Waals surface area (Å²) in [7, 11) is 0. The molecule has 2 heterocycles. The molecule has 6 heteroatoms. The first kappa shape index (κ1) is 12.8. The first-order chi connectivity index (χ1) is 9.70. The van der Waals surface area contributed by atoms with Crippen LogP contribution in [0.25, 0.3) is 11.4 Å². The van der Waals surface area contributed by atoms with E-state index in [0.717, 1.165) is 23.2 Å². The highest BCUT2D eigenvalue weighted by Gasteiger charge is 2.29. The van der Waals surface area contributed by atoms with Gasteiger partial charge < -0.3 is 15.8 Å². The summed E-state index contributed by atoms with van der Waals surface area (Å²) in [4.78, 5) is 19.0. The maximum atomic E-state index is 11.2. The van der Waals surface area contributed by atoms with Crippen LogP contribution >= 0.6 is 0 Å². The molecule has 0 saturated carbocycles. The number of carboxylic acids is 1. The van der Waals surface area contributed by atoms with Crippen LogP contribution in [0.15, 0.2) is 24.3 Å². The Morgan fingerprint density at radius 3 is 3.00 bits per heavy atom. The summed E-state index contributed by atoms with van der Waals surface area (Å²) in [5.74, 6) is -0.220. The molecule has 0 fully saturated rings. The fraction of sp³-hybridized carbons (Fsp3) is 0.286. The molecule has 1 atom stereocenters. The minimum atomic E-state index is -0.906. The van der Waals surface area contributed by atoms with Gasteiger partial charge in [0.05, 0.1) is 5.69 Å². The van der Waals surface area contributed by atoms with Gasteiger partial charge in [-0.3, -0.25) is 10.1 Å². The summed E-state index contributed by atoms with van der Waals surface area (Å²) in [5.41, 5.74) is 9.11. The molecule has 20 heavy (non-hydrogen) atoms. The molecule has 1 aromatic carbocycles. The number of rotatable bonds is 3. The van der Waals surface area contributed by atoms with Crippen LogP contribution in [0.4, 0.5) is 0 Å². The van der Waals surface area contributed by atoms with Gasteiger partial charge in [0.2, 0.25) is 0 Å². The zero-order valence-electron chi connectivity index (χ0n) is 10.9. The average Bonchev–Trinajstić information content (AvgIpc) is 2.90. The predicted octanol–water partition coefficient (Wildman–Crippen LogP) is 0.807. The maximum Gasteiger partial charge on any atom is 0.327 e. The molecule has 0 amide bonds. The molecule has 6 nitrogen and oxygen atoms in total. The first-order valence-electron chi connectivity index (χ1n) is 6.54. The van der Waals surface area contributed by atoms with E-state index in [4.69, 9.17) is 5.73 Å². The van der Waals surface area contributed by atoms with Gasteiger partial charge in [0.15, 0.2) is 6.04 Å². The van der Waals surface area contributed by atoms with Gasteiger partial charge in [0.1, 0.15) is 5.82 Å². The van der Waals surface area contributed by atoms with Crippen molar-refractivity contribution in [2.45, 2.75) is 19.0 Å². The van der Waals surface area contributed by atoms with Crippen molar-refractivity contribution in [1.29, 1.82) is 0 Å². The normalized spacial score (nSPS) is 17.8. The topological polar surface area (TPSA) is 104 Å². The third-order valence-electron chi connectivity index (χ3n) is 3.55. The second-order valence-electron chi connectivity index (χ2n) is 4.79. The molecule has 0 unspecified atom stereocenters. The van der Waals surface area contributed by atoms with E-state index in [1.807, 2.05) is 24.3 Å². The van der Waals surface area contributed by atoms with Gasteiger partial charge in [0, 0.05) is 30.8 Å². The lowest BCUT2D eigenvalue weighted by atomic mass is 10.1. The second kappa shape index (κ2) is 5.07. The average molecular weight is 272 g/mol. The van der Waals surface area contributed by atoms with Gasteiger partial charge in [-0.15, -0.1) is 0 Å². The monoisotopic (exact) mass is 272 g/mol. The quantitative estimate of drug-likeness (QED) is 0.662. The lowest BCUT2D eigenvalue weighted by Crippen LogP contribution is -2.35. The van der Waals surface area contributed by atoms with Crippen molar-refractivity contribution in [3.05, 3.63) is 41.2 Å². The Hall–Kier alpha value is -2.18. The molecule has 2 aromatic rings. The number of H-pyrrole nitrogens is 1. The molecule has 0 bridgehead atoms. The number of carboxylic acid groups (broad SMARTS) is 1. The highest BCUT2D eigenvalue weighted by molar-refractivity contribution is 5.76. The number of hydrogen-bond acceptors (Lipinski definition) is 4. The van der Waals surface area contributed by atoms with Gasteiger partial charge in [-0.1, -0.05) is 24.3 Å². The minimum Gasteiger partial charge on any atom is -0.480 e. The summed E-state index contributed by atoms with van der Waals surface area (Å²) >= 11 is 0. The van der Waals surface area contributed by atoms with Crippen LogP contribution in [0, 0.1) is 0 Å². The van der Waals surface area contributed by atoms with Crippen molar-refractivity contribution in [1.82, 2.24) is 15.3 Å². The summed E-state index contributed by atoms with van der Waals surface area (Å²) in [5, 5.41) is 12.2. The van der Waals surface area contributed by atoms with E-state index < -0.39 is 12.0 Å². The molecular formula is C14H16N4O2. The summed E-state index contributed by atoms with van der Waals surface area (Å²) in [6.07, 6.45) is 0.747. The van der Waals surface area contributed by atoms with Crippen LogP contribution in [0.3, 0.4) is 0 Å². The van der Waals surface area contributed by atoms with Crippen LogP contribution in [-0.4, -0.2) is 27.6 Å². The summed E-state index contributed by atoms with van der Waals surface area (Å²) in [6.45, 7) is 1.05. The molecule has 1 aliphatic heterocycles. The van der Waals surface area contributed by atoms with Gasteiger partial charge in [-0.2, -0.15) is 0 Å². The van der Waals surface area contributed by atoms with Crippen LogP contribution in [-0.2, 0) is 17.8 Å². The van der Waals surface area contributed by atoms with Crippen LogP contribution in [0.5, 0.6) is 0 Å². The number of fused-ring (bicyclic) bond motifs is 1. The Morgan fingerprint density at radius 1 is 1.45 bits per heavy atom. The van der Waals surface area contributed by atoms with Gasteiger partial charge >= 0.3 is 5.97 Å². The lowest BCUT2D eigenvalue weighted by molar-refractivity contribution is -0.139. The number of aromatic amines is 1. The van der Waals surface area contributed by atoms with E-state index in [-0.39, 0.29) is 0 Å². The Balaban J connectivity index is 2.07. The van der Waals surface area contributed by atoms with Crippen molar-refractivity contribution in [3.8, 4) is 11.4 Å². The number of imidazole rings is 1. The molecule has 1 aliphatic rings. The van der Waals surface area contributed by atoms with Crippen LogP contribution < -0.4 is 11.1 Å². The number of carbonyl (C=O) groups is 1. The van der Waals surface area contributed by atoms with Crippen molar-refractivity contribution in [3.63, 3.8) is 0 Å². The third-order valence-corrected chi connectivity index (χ3v) is 3.55. The van der Waals surface area contributed by atoms with Gasteiger partial charge in [-0.05, 0) is 5.56 Å². The number of hydrogen-bond donors (Lipinski definition) is 4. The van der Waals surface area contributed by atoms with E-state index in [0.29, 0.717) is 24.6 Å². The molecule has 104 valence electrons. The Labute approximate surface area is 116 Å². The molecule has 1 aromatic heterocycles. The molecule has 3 rings (SSSR count). The van der Waals surface area contributed by atoms with Gasteiger partial charge in [-0.25, -0.2) is 4.98 Å². The molecule has 0 saturated heterocycles. The Bertz CT molecular complexity index is 650. The van der Waals surface area contributed by atoms with Crippen molar-refractivity contribution in [2.75, 3.05) is 6.54 Å². The van der Waals surface area contributed by atoms with E-state index in [2.05, 4.69) is 15.3 Å². The van der Waals surface area contributed by atoms with Crippen LogP contribution in [0.1, 0.15) is 23.0 Å². The number of nitrogens with two attached hydrogens (primary N) is 1. The second-order valence-corrected chi connectivity index (χ2v) is 4.79. The highest BCUT2D eigenvalue weighted by atomic mass is 16.4. The Kier molecular flexibility index (Phi) is 3.25. The molecule has 0 spiro atoms. The fourth-order valence-electron chi connectivity index (χ4n) is 2.55. The fourth-order valence-corrected chi connectivity index (χ4v) is 2.55. The zero-order chi connectivity index (χ0) is 14.1. The number of nitrogens with zero attached hydrogens (tertiary/aromatic N) is 1. The van der Waals surface area contributed by atoms with E-state index in [1.165, 1.54) is 0 Å². The van der Waals surface area contributed by atoms with Crippen molar-refractivity contribution in [2.24, 2.45) is 5.73 Å². The number of aromatic nitrogens is 2. The maximum absolute atomic E-state index is 11.2. The molecular weight excluding hydrogens is 256 g/mol. The smallest absolute Gasteiger partial charge is 0.327 e. The number of aliphatic carboxylic acids is 1. The van der Waals surface area contributed by atoms with Gasteiger partial charge in [0.25, 0.3) is 0 Å². The number of benzene rings is 1. The largest absolute Gasteiger partial charge is 0.480 e. The van der Waals surface area contributed by atoms with E-state index in [1.54, 1.807) is 0 Å². The predicted molar refractivity (Wildman–Crippen MR) is 74.0 cm³/mol. The lowest BCUT2D eigenvalue weighted by Gasteiger charge is -2.18. The van der Waals surface area contributed by atoms with E-state index in [9.17, 15) is 9.90 Å². The standard InChI is InChI=1S/C14H16N4O2/c15-7-8-3-1-2-4-9(8)13-17-10-5-6-16-12(14(19)20)11(10)18-13/h1-4,12,16H,5-7,15H2,(H,17,18)(H,19,20)/t12-/m1/s1. The molecule has 5 N–H and O–H groups in total. The van der Waals surface area contributed by atoms with E-state index >= 15 is 0 Å². The Morgan fingerprint density at radius 2 is 2.25 bits per heavy atom. The molecule has 0 aliphatic carbocycles. The third kappa shape index (κ3) is 2.09. The van der Waals surface area contributed by atoms with Crippen molar-refractivity contribution >= 4 is 5.97 Å². The zero-order valence-corrected chi connectivity index (χ0v) is 10.9. The number of nitrogens with one attached hydrogen (secondary N) is 2. The first-order valence-corrected chi connectivity index (χ1v) is 6.54. The van der Waals surface area contributed by atoms with Crippen molar-refractivity contribution < 1.29 is 9.90 Å². The molecule has 0 radical (unpaired) electrons. The summed E-state index contributed by atoms with van der Waals surface area (Å²) in [6, 6.07) is 6.99. The SMILES string of the molecule is NCc1ccccc1-c1nc2c([nH]1)CCN[C@H]2C(=O)O. The highest BCUT2D eigenvalue weighted by Crippen LogP contribution is 2.27. The van der Waals surface area contributed by atoms with Crippen LogP contribution in [0.2, 0.25) is 0 Å². The minimum absolute atomic E-state index is 0.419.